The van der Waals surface area contributed by atoms with Crippen molar-refractivity contribution in [1.82, 2.24) is 10.3 Å². The van der Waals surface area contributed by atoms with Gasteiger partial charge in [-0.25, -0.2) is 0 Å². The molecule has 0 aliphatic heterocycles. The highest BCUT2D eigenvalue weighted by molar-refractivity contribution is 5.96. The topological polar surface area (TPSA) is 71.1 Å². The summed E-state index contributed by atoms with van der Waals surface area (Å²) in [6.07, 6.45) is 3.72. The van der Waals surface area contributed by atoms with Gasteiger partial charge in [0.25, 0.3) is 5.91 Å². The van der Waals surface area contributed by atoms with Gasteiger partial charge in [0.05, 0.1) is 6.42 Å². The average Bonchev–Trinajstić information content (AvgIpc) is 2.68. The Balaban J connectivity index is 1.52. The van der Waals surface area contributed by atoms with E-state index in [4.69, 9.17) is 0 Å². The van der Waals surface area contributed by atoms with Crippen molar-refractivity contribution in [2.45, 2.75) is 13.0 Å². The quantitative estimate of drug-likeness (QED) is 0.721. The first kappa shape index (κ1) is 17.4. The van der Waals surface area contributed by atoms with Crippen LogP contribution in [0.1, 0.15) is 21.5 Å². The summed E-state index contributed by atoms with van der Waals surface area (Å²) in [5, 5.41) is 5.68. The molecule has 130 valence electrons. The van der Waals surface area contributed by atoms with Crippen LogP contribution in [0.25, 0.3) is 0 Å². The summed E-state index contributed by atoms with van der Waals surface area (Å²) in [5.41, 5.74) is 3.09. The number of nitrogens with zero attached hydrogens (tertiary/aromatic N) is 1. The van der Waals surface area contributed by atoms with E-state index in [0.29, 0.717) is 24.2 Å². The number of aromatic nitrogens is 1. The minimum Gasteiger partial charge on any atom is -0.348 e. The predicted octanol–water partition coefficient (Wildman–Crippen LogP) is 3.19. The van der Waals surface area contributed by atoms with E-state index in [2.05, 4.69) is 15.6 Å². The number of carbonyl (C=O) groups excluding carboxylic acids is 2. The number of anilines is 1. The molecule has 0 saturated heterocycles. The second-order valence-corrected chi connectivity index (χ2v) is 5.83. The van der Waals surface area contributed by atoms with Gasteiger partial charge >= 0.3 is 0 Å². The highest BCUT2D eigenvalue weighted by Gasteiger charge is 2.07. The third-order valence-corrected chi connectivity index (χ3v) is 3.81. The molecule has 0 saturated carbocycles. The van der Waals surface area contributed by atoms with Gasteiger partial charge in [-0.1, -0.05) is 36.4 Å². The number of nitrogens with one attached hydrogen (secondary N) is 2. The molecule has 5 nitrogen and oxygen atoms in total. The Morgan fingerprint density at radius 3 is 2.27 bits per heavy atom. The van der Waals surface area contributed by atoms with Gasteiger partial charge in [-0.3, -0.25) is 14.6 Å². The van der Waals surface area contributed by atoms with E-state index in [0.717, 1.165) is 11.1 Å². The SMILES string of the molecule is O=C(Cc1ccccc1)Nc1ccc(C(=O)NCc2cccnc2)cc1. The first-order valence-corrected chi connectivity index (χ1v) is 8.31. The summed E-state index contributed by atoms with van der Waals surface area (Å²) in [6, 6.07) is 20.1. The lowest BCUT2D eigenvalue weighted by atomic mass is 10.1. The average molecular weight is 345 g/mol. The van der Waals surface area contributed by atoms with Crippen LogP contribution in [0.15, 0.2) is 79.1 Å². The second-order valence-electron chi connectivity index (χ2n) is 5.83. The van der Waals surface area contributed by atoms with E-state index in [9.17, 15) is 9.59 Å². The summed E-state index contributed by atoms with van der Waals surface area (Å²) < 4.78 is 0. The maximum atomic E-state index is 12.2. The van der Waals surface area contributed by atoms with Crippen LogP contribution in [-0.2, 0) is 17.8 Å². The van der Waals surface area contributed by atoms with Crippen LogP contribution in [0.4, 0.5) is 5.69 Å². The molecular weight excluding hydrogens is 326 g/mol. The van der Waals surface area contributed by atoms with Gasteiger partial charge in [-0.15, -0.1) is 0 Å². The van der Waals surface area contributed by atoms with Gasteiger partial charge in [0.2, 0.25) is 5.91 Å². The van der Waals surface area contributed by atoms with Gasteiger partial charge in [-0.05, 0) is 41.5 Å². The molecule has 0 fully saturated rings. The Morgan fingerprint density at radius 1 is 0.846 bits per heavy atom. The van der Waals surface area contributed by atoms with Crippen molar-refractivity contribution in [2.24, 2.45) is 0 Å². The zero-order chi connectivity index (χ0) is 18.2. The molecular formula is C21H19N3O2. The highest BCUT2D eigenvalue weighted by atomic mass is 16.2. The summed E-state index contributed by atoms with van der Waals surface area (Å²) >= 11 is 0. The van der Waals surface area contributed by atoms with E-state index in [1.807, 2.05) is 42.5 Å². The van der Waals surface area contributed by atoms with Crippen LogP contribution in [0.3, 0.4) is 0 Å². The number of carbonyl (C=O) groups is 2. The molecule has 3 aromatic rings. The molecule has 0 atom stereocenters. The molecule has 26 heavy (non-hydrogen) atoms. The second kappa shape index (κ2) is 8.58. The molecule has 0 unspecified atom stereocenters. The molecule has 0 radical (unpaired) electrons. The fraction of sp³-hybridized carbons (Fsp3) is 0.0952. The normalized spacial score (nSPS) is 10.2. The van der Waals surface area contributed by atoms with Crippen molar-refractivity contribution in [3.8, 4) is 0 Å². The number of benzene rings is 2. The van der Waals surface area contributed by atoms with Crippen molar-refractivity contribution >= 4 is 17.5 Å². The van der Waals surface area contributed by atoms with E-state index in [-0.39, 0.29) is 11.8 Å². The molecule has 1 aromatic heterocycles. The zero-order valence-corrected chi connectivity index (χ0v) is 14.2. The Hall–Kier alpha value is -3.47. The lowest BCUT2D eigenvalue weighted by molar-refractivity contribution is -0.115. The Bertz CT molecular complexity index is 863. The maximum absolute atomic E-state index is 12.2. The molecule has 1 heterocycles. The minimum absolute atomic E-state index is 0.0926. The standard InChI is InChI=1S/C21H19N3O2/c25-20(13-16-5-2-1-3-6-16)24-19-10-8-18(9-11-19)21(26)23-15-17-7-4-12-22-14-17/h1-12,14H,13,15H2,(H,23,26)(H,24,25). The van der Waals surface area contributed by atoms with E-state index < -0.39 is 0 Å². The van der Waals surface area contributed by atoms with Crippen LogP contribution >= 0.6 is 0 Å². The smallest absolute Gasteiger partial charge is 0.251 e. The van der Waals surface area contributed by atoms with Crippen LogP contribution in [-0.4, -0.2) is 16.8 Å². The van der Waals surface area contributed by atoms with Crippen molar-refractivity contribution in [3.63, 3.8) is 0 Å². The zero-order valence-electron chi connectivity index (χ0n) is 14.2. The van der Waals surface area contributed by atoms with Gasteiger partial charge in [0.15, 0.2) is 0 Å². The molecule has 0 bridgehead atoms. The Kier molecular flexibility index (Phi) is 5.72. The summed E-state index contributed by atoms with van der Waals surface area (Å²) in [6.45, 7) is 0.419. The molecule has 3 rings (SSSR count). The number of amides is 2. The lowest BCUT2D eigenvalue weighted by Gasteiger charge is -2.08. The Labute approximate surface area is 152 Å². The van der Waals surface area contributed by atoms with Crippen molar-refractivity contribution in [1.29, 1.82) is 0 Å². The molecule has 2 N–H and O–H groups in total. The third kappa shape index (κ3) is 5.01. The van der Waals surface area contributed by atoms with Gasteiger partial charge in [-0.2, -0.15) is 0 Å². The number of rotatable bonds is 6. The highest BCUT2D eigenvalue weighted by Crippen LogP contribution is 2.11. The van der Waals surface area contributed by atoms with Crippen molar-refractivity contribution in [3.05, 3.63) is 95.8 Å². The number of pyridine rings is 1. The lowest BCUT2D eigenvalue weighted by Crippen LogP contribution is -2.22. The molecule has 0 aliphatic rings. The molecule has 2 aromatic carbocycles. The number of hydrogen-bond acceptors (Lipinski definition) is 3. The van der Waals surface area contributed by atoms with E-state index in [1.165, 1.54) is 0 Å². The minimum atomic E-state index is -0.170. The predicted molar refractivity (Wildman–Crippen MR) is 101 cm³/mol. The van der Waals surface area contributed by atoms with Crippen molar-refractivity contribution in [2.75, 3.05) is 5.32 Å². The summed E-state index contributed by atoms with van der Waals surface area (Å²) in [7, 11) is 0. The van der Waals surface area contributed by atoms with Gasteiger partial charge < -0.3 is 10.6 Å². The van der Waals surface area contributed by atoms with Crippen LogP contribution < -0.4 is 10.6 Å². The number of hydrogen-bond donors (Lipinski definition) is 2. The third-order valence-electron chi connectivity index (χ3n) is 3.81. The van der Waals surface area contributed by atoms with Gasteiger partial charge in [0.1, 0.15) is 0 Å². The van der Waals surface area contributed by atoms with Crippen molar-refractivity contribution < 1.29 is 9.59 Å². The molecule has 0 aliphatic carbocycles. The molecule has 0 spiro atoms. The van der Waals surface area contributed by atoms with E-state index in [1.54, 1.807) is 36.7 Å². The molecule has 5 heteroatoms. The largest absolute Gasteiger partial charge is 0.348 e. The van der Waals surface area contributed by atoms with Crippen LogP contribution in [0.2, 0.25) is 0 Å². The Morgan fingerprint density at radius 2 is 1.58 bits per heavy atom. The fourth-order valence-corrected chi connectivity index (χ4v) is 2.48. The summed E-state index contributed by atoms with van der Waals surface area (Å²) in [5.74, 6) is -0.263. The first-order valence-electron chi connectivity index (χ1n) is 8.31. The summed E-state index contributed by atoms with van der Waals surface area (Å²) in [4.78, 5) is 28.3. The van der Waals surface area contributed by atoms with E-state index >= 15 is 0 Å². The molecule has 2 amide bonds. The van der Waals surface area contributed by atoms with Crippen LogP contribution in [0, 0.1) is 0 Å². The fourth-order valence-electron chi connectivity index (χ4n) is 2.48. The monoisotopic (exact) mass is 345 g/mol. The van der Waals surface area contributed by atoms with Crippen LogP contribution in [0.5, 0.6) is 0 Å². The van der Waals surface area contributed by atoms with Gasteiger partial charge in [0, 0.05) is 30.2 Å². The first-order chi connectivity index (χ1) is 12.7. The maximum Gasteiger partial charge on any atom is 0.251 e.